The van der Waals surface area contributed by atoms with Crippen molar-refractivity contribution in [3.05, 3.63) is 35.3 Å². The molecule has 5 heteroatoms. The van der Waals surface area contributed by atoms with Crippen LogP contribution in [0.1, 0.15) is 31.0 Å². The van der Waals surface area contributed by atoms with Crippen molar-refractivity contribution in [1.29, 1.82) is 0 Å². The molecule has 0 saturated carbocycles. The van der Waals surface area contributed by atoms with Gasteiger partial charge in [-0.25, -0.2) is 4.39 Å². The molecule has 0 bridgehead atoms. The van der Waals surface area contributed by atoms with Crippen LogP contribution in [0.5, 0.6) is 0 Å². The van der Waals surface area contributed by atoms with Gasteiger partial charge in [0.15, 0.2) is 5.82 Å². The summed E-state index contributed by atoms with van der Waals surface area (Å²) in [5.74, 6) is 0.537. The lowest BCUT2D eigenvalue weighted by molar-refractivity contribution is 0.630. The third kappa shape index (κ3) is 2.54. The van der Waals surface area contributed by atoms with Gasteiger partial charge in [-0.2, -0.15) is 5.10 Å². The zero-order valence-electron chi connectivity index (χ0n) is 11.7. The molecule has 0 aliphatic carbocycles. The number of hydrogen-bond donors (Lipinski definition) is 2. The van der Waals surface area contributed by atoms with Crippen LogP contribution in [0.2, 0.25) is 0 Å². The Labute approximate surface area is 112 Å². The van der Waals surface area contributed by atoms with Crippen molar-refractivity contribution < 1.29 is 4.39 Å². The molecule has 102 valence electrons. The Morgan fingerprint density at radius 2 is 2.05 bits per heavy atom. The van der Waals surface area contributed by atoms with E-state index in [1.807, 2.05) is 20.8 Å². The highest BCUT2D eigenvalue weighted by Gasteiger charge is 2.16. The summed E-state index contributed by atoms with van der Waals surface area (Å²) in [7, 11) is 1.79. The minimum Gasteiger partial charge on any atom is -0.394 e. The monoisotopic (exact) mass is 262 g/mol. The Morgan fingerprint density at radius 1 is 1.37 bits per heavy atom. The molecule has 2 aromatic rings. The summed E-state index contributed by atoms with van der Waals surface area (Å²) in [5.41, 5.74) is 8.85. The first-order valence-corrected chi connectivity index (χ1v) is 6.25. The second-order valence-corrected chi connectivity index (χ2v) is 5.03. The number of nitrogen functional groups attached to an aromatic ring is 1. The van der Waals surface area contributed by atoms with Crippen LogP contribution >= 0.6 is 0 Å². The molecule has 0 saturated heterocycles. The Morgan fingerprint density at radius 3 is 2.63 bits per heavy atom. The molecule has 2 rings (SSSR count). The van der Waals surface area contributed by atoms with Crippen LogP contribution in [0.25, 0.3) is 0 Å². The molecular weight excluding hydrogens is 243 g/mol. The van der Waals surface area contributed by atoms with Crippen molar-refractivity contribution in [2.75, 3.05) is 11.1 Å². The highest BCUT2D eigenvalue weighted by atomic mass is 19.1. The molecule has 4 nitrogen and oxygen atoms in total. The van der Waals surface area contributed by atoms with Gasteiger partial charge >= 0.3 is 0 Å². The number of rotatable bonds is 3. The fraction of sp³-hybridized carbons (Fsp3) is 0.357. The summed E-state index contributed by atoms with van der Waals surface area (Å²) in [6.45, 7) is 5.96. The number of aromatic nitrogens is 2. The fourth-order valence-electron chi connectivity index (χ4n) is 2.00. The summed E-state index contributed by atoms with van der Waals surface area (Å²) in [4.78, 5) is 0. The van der Waals surface area contributed by atoms with Gasteiger partial charge in [0.2, 0.25) is 0 Å². The van der Waals surface area contributed by atoms with E-state index in [0.29, 0.717) is 17.2 Å². The maximum atomic E-state index is 13.8. The van der Waals surface area contributed by atoms with Gasteiger partial charge in [-0.05, 0) is 30.5 Å². The number of aryl methyl sites for hydroxylation is 2. The lowest BCUT2D eigenvalue weighted by Gasteiger charge is -2.09. The van der Waals surface area contributed by atoms with Crippen molar-refractivity contribution in [2.24, 2.45) is 7.05 Å². The Bertz CT molecular complexity index is 602. The van der Waals surface area contributed by atoms with Crippen LogP contribution in [0.15, 0.2) is 18.2 Å². The smallest absolute Gasteiger partial charge is 0.152 e. The van der Waals surface area contributed by atoms with Crippen LogP contribution in [0, 0.1) is 12.7 Å². The summed E-state index contributed by atoms with van der Waals surface area (Å²) in [6.07, 6.45) is 0. The normalized spacial score (nSPS) is 11.1. The van der Waals surface area contributed by atoms with Gasteiger partial charge in [-0.3, -0.25) is 4.68 Å². The number of benzene rings is 1. The summed E-state index contributed by atoms with van der Waals surface area (Å²) in [5, 5.41) is 7.39. The Kier molecular flexibility index (Phi) is 3.46. The van der Waals surface area contributed by atoms with Crippen LogP contribution in [0.4, 0.5) is 21.6 Å². The van der Waals surface area contributed by atoms with Gasteiger partial charge in [-0.15, -0.1) is 0 Å². The third-order valence-electron chi connectivity index (χ3n) is 3.03. The second kappa shape index (κ2) is 4.91. The van der Waals surface area contributed by atoms with Crippen molar-refractivity contribution >= 4 is 17.2 Å². The van der Waals surface area contributed by atoms with Crippen molar-refractivity contribution in [3.63, 3.8) is 0 Å². The average Bonchev–Trinajstić information content (AvgIpc) is 2.62. The maximum absolute atomic E-state index is 13.8. The average molecular weight is 262 g/mol. The number of nitrogens with zero attached hydrogens (tertiary/aromatic N) is 2. The first-order valence-electron chi connectivity index (χ1n) is 6.25. The molecule has 0 radical (unpaired) electrons. The molecule has 0 spiro atoms. The van der Waals surface area contributed by atoms with E-state index < -0.39 is 0 Å². The van der Waals surface area contributed by atoms with E-state index in [1.54, 1.807) is 23.9 Å². The molecule has 1 aromatic heterocycles. The van der Waals surface area contributed by atoms with Crippen LogP contribution in [-0.4, -0.2) is 9.78 Å². The Hall–Kier alpha value is -2.04. The molecule has 1 heterocycles. The summed E-state index contributed by atoms with van der Waals surface area (Å²) >= 11 is 0. The zero-order chi connectivity index (χ0) is 14.2. The topological polar surface area (TPSA) is 55.9 Å². The molecule has 0 aliphatic rings. The van der Waals surface area contributed by atoms with E-state index >= 15 is 0 Å². The van der Waals surface area contributed by atoms with Crippen LogP contribution in [-0.2, 0) is 7.05 Å². The largest absolute Gasteiger partial charge is 0.394 e. The van der Waals surface area contributed by atoms with E-state index in [9.17, 15) is 4.39 Å². The molecule has 0 atom stereocenters. The standard InChI is InChI=1S/C14H19FN4/c1-8(2)13-12(16)14(19(4)18-13)17-11-7-9(3)5-6-10(11)15/h5-8,17H,16H2,1-4H3. The second-order valence-electron chi connectivity index (χ2n) is 5.03. The zero-order valence-corrected chi connectivity index (χ0v) is 11.7. The highest BCUT2D eigenvalue weighted by molar-refractivity contribution is 5.72. The van der Waals surface area contributed by atoms with Gasteiger partial charge in [-0.1, -0.05) is 19.9 Å². The van der Waals surface area contributed by atoms with Gasteiger partial charge in [0, 0.05) is 7.05 Å². The molecular formula is C14H19FN4. The number of halogens is 1. The van der Waals surface area contributed by atoms with Crippen LogP contribution in [0.3, 0.4) is 0 Å². The molecule has 1 aromatic carbocycles. The van der Waals surface area contributed by atoms with E-state index in [-0.39, 0.29) is 11.7 Å². The quantitative estimate of drug-likeness (QED) is 0.892. The lowest BCUT2D eigenvalue weighted by Crippen LogP contribution is -2.03. The van der Waals surface area contributed by atoms with E-state index in [4.69, 9.17) is 5.73 Å². The third-order valence-corrected chi connectivity index (χ3v) is 3.03. The number of hydrogen-bond acceptors (Lipinski definition) is 3. The summed E-state index contributed by atoms with van der Waals surface area (Å²) in [6, 6.07) is 4.91. The highest BCUT2D eigenvalue weighted by Crippen LogP contribution is 2.31. The van der Waals surface area contributed by atoms with Gasteiger partial charge in [0.25, 0.3) is 0 Å². The maximum Gasteiger partial charge on any atom is 0.152 e. The number of nitrogens with one attached hydrogen (secondary N) is 1. The molecule has 0 fully saturated rings. The van der Waals surface area contributed by atoms with Gasteiger partial charge < -0.3 is 11.1 Å². The molecule has 0 aliphatic heterocycles. The number of nitrogens with two attached hydrogens (primary N) is 1. The molecule has 0 unspecified atom stereocenters. The van der Waals surface area contributed by atoms with Crippen molar-refractivity contribution in [3.8, 4) is 0 Å². The Balaban J connectivity index is 2.41. The van der Waals surface area contributed by atoms with E-state index in [1.165, 1.54) is 6.07 Å². The SMILES string of the molecule is Cc1ccc(F)c(Nc2c(N)c(C(C)C)nn2C)c1. The lowest BCUT2D eigenvalue weighted by atomic mass is 10.1. The number of anilines is 3. The van der Waals surface area contributed by atoms with Gasteiger partial charge in [0.1, 0.15) is 5.82 Å². The molecule has 0 amide bonds. The van der Waals surface area contributed by atoms with Crippen molar-refractivity contribution in [2.45, 2.75) is 26.7 Å². The minimum absolute atomic E-state index is 0.226. The minimum atomic E-state index is -0.308. The molecule has 19 heavy (non-hydrogen) atoms. The molecule has 3 N–H and O–H groups in total. The van der Waals surface area contributed by atoms with Gasteiger partial charge in [0.05, 0.1) is 17.1 Å². The van der Waals surface area contributed by atoms with E-state index in [0.717, 1.165) is 11.3 Å². The predicted molar refractivity (Wildman–Crippen MR) is 76.1 cm³/mol. The van der Waals surface area contributed by atoms with Crippen LogP contribution < -0.4 is 11.1 Å². The van der Waals surface area contributed by atoms with Crippen molar-refractivity contribution in [1.82, 2.24) is 9.78 Å². The fourth-order valence-corrected chi connectivity index (χ4v) is 2.00. The van der Waals surface area contributed by atoms with E-state index in [2.05, 4.69) is 10.4 Å². The predicted octanol–water partition coefficient (Wildman–Crippen LogP) is 3.32. The first kappa shape index (κ1) is 13.4. The summed E-state index contributed by atoms with van der Waals surface area (Å²) < 4.78 is 15.4. The first-order chi connectivity index (χ1) is 8.90.